The molecular formula is C14H23NO4. The summed E-state index contributed by atoms with van der Waals surface area (Å²) in [4.78, 5) is 22.3. The van der Waals surface area contributed by atoms with Crippen molar-refractivity contribution in [2.45, 2.75) is 57.6 Å². The Kier molecular flexibility index (Phi) is 4.80. The van der Waals surface area contributed by atoms with Crippen molar-refractivity contribution in [3.63, 3.8) is 0 Å². The summed E-state index contributed by atoms with van der Waals surface area (Å²) in [5.41, 5.74) is 0. The molecular weight excluding hydrogens is 246 g/mol. The number of ether oxygens (including phenoxy) is 1. The summed E-state index contributed by atoms with van der Waals surface area (Å²) in [6.07, 6.45) is 5.94. The molecule has 2 unspecified atom stereocenters. The van der Waals surface area contributed by atoms with E-state index in [0.29, 0.717) is 18.8 Å². The first kappa shape index (κ1) is 14.3. The Morgan fingerprint density at radius 2 is 1.95 bits per heavy atom. The van der Waals surface area contributed by atoms with Crippen LogP contribution in [0.3, 0.4) is 0 Å². The van der Waals surface area contributed by atoms with E-state index in [2.05, 4.69) is 12.2 Å². The smallest absolute Gasteiger partial charge is 0.306 e. The highest BCUT2D eigenvalue weighted by atomic mass is 16.5. The Labute approximate surface area is 113 Å². The van der Waals surface area contributed by atoms with Crippen molar-refractivity contribution >= 4 is 11.9 Å². The van der Waals surface area contributed by atoms with Gasteiger partial charge in [-0.3, -0.25) is 9.59 Å². The summed E-state index contributed by atoms with van der Waals surface area (Å²) >= 11 is 0. The second-order valence-electron chi connectivity index (χ2n) is 5.88. The van der Waals surface area contributed by atoms with Gasteiger partial charge in [-0.15, -0.1) is 0 Å². The van der Waals surface area contributed by atoms with Gasteiger partial charge in [0.25, 0.3) is 0 Å². The molecule has 0 spiro atoms. The summed E-state index contributed by atoms with van der Waals surface area (Å²) in [5.74, 6) is -0.643. The van der Waals surface area contributed by atoms with Crippen LogP contribution in [0.15, 0.2) is 0 Å². The molecule has 0 aliphatic heterocycles. The van der Waals surface area contributed by atoms with E-state index in [4.69, 9.17) is 9.84 Å². The quantitative estimate of drug-likeness (QED) is 0.794. The molecule has 2 aliphatic rings. The molecule has 0 bridgehead atoms. The lowest BCUT2D eigenvalue weighted by molar-refractivity contribution is -0.146. The van der Waals surface area contributed by atoms with E-state index >= 15 is 0 Å². The van der Waals surface area contributed by atoms with Gasteiger partial charge in [0.1, 0.15) is 6.61 Å². The Morgan fingerprint density at radius 1 is 1.26 bits per heavy atom. The largest absolute Gasteiger partial charge is 0.481 e. The second kappa shape index (κ2) is 6.37. The Balaban J connectivity index is 1.61. The van der Waals surface area contributed by atoms with E-state index in [-0.39, 0.29) is 30.6 Å². The summed E-state index contributed by atoms with van der Waals surface area (Å²) in [7, 11) is 0. The van der Waals surface area contributed by atoms with Gasteiger partial charge in [-0.25, -0.2) is 0 Å². The molecule has 2 saturated carbocycles. The number of aliphatic carboxylic acids is 1. The molecule has 2 aliphatic carbocycles. The number of carbonyl (C=O) groups excluding carboxylic acids is 1. The first-order valence-corrected chi connectivity index (χ1v) is 7.20. The first-order chi connectivity index (χ1) is 9.06. The predicted octanol–water partition coefficient (Wildman–Crippen LogP) is 1.56. The van der Waals surface area contributed by atoms with Gasteiger partial charge >= 0.3 is 5.97 Å². The molecule has 2 atom stereocenters. The van der Waals surface area contributed by atoms with Gasteiger partial charge < -0.3 is 15.2 Å². The number of carbonyl (C=O) groups is 2. The fourth-order valence-corrected chi connectivity index (χ4v) is 2.92. The third-order valence-corrected chi connectivity index (χ3v) is 4.31. The predicted molar refractivity (Wildman–Crippen MR) is 69.7 cm³/mol. The third kappa shape index (κ3) is 3.93. The normalized spacial score (nSPS) is 34.4. The second-order valence-corrected chi connectivity index (χ2v) is 5.88. The Bertz CT molecular complexity index is 338. The van der Waals surface area contributed by atoms with Crippen LogP contribution < -0.4 is 5.32 Å². The minimum atomic E-state index is -0.766. The molecule has 1 amide bonds. The summed E-state index contributed by atoms with van der Waals surface area (Å²) in [6, 6.07) is 0.0148. The maximum absolute atomic E-state index is 11.7. The van der Waals surface area contributed by atoms with Crippen molar-refractivity contribution < 1.29 is 19.4 Å². The average Bonchev–Trinajstić information content (AvgIpc) is 2.31. The molecule has 5 heteroatoms. The van der Waals surface area contributed by atoms with E-state index in [0.717, 1.165) is 6.42 Å². The summed E-state index contributed by atoms with van der Waals surface area (Å²) < 4.78 is 5.67. The van der Waals surface area contributed by atoms with Crippen LogP contribution in [0.1, 0.15) is 45.4 Å². The van der Waals surface area contributed by atoms with E-state index in [9.17, 15) is 9.59 Å². The van der Waals surface area contributed by atoms with Gasteiger partial charge in [-0.1, -0.05) is 19.8 Å². The monoisotopic (exact) mass is 269 g/mol. The van der Waals surface area contributed by atoms with E-state index in [1.54, 1.807) is 0 Å². The summed E-state index contributed by atoms with van der Waals surface area (Å²) in [5, 5.41) is 11.6. The standard InChI is InChI=1S/C14H23NO4/c1-9-4-2-3-5-12(9)19-8-13(16)15-11-6-10(7-11)14(17)18/h9-12H,2-8H2,1H3,(H,15,16)(H,17,18). The maximum atomic E-state index is 11.7. The van der Waals surface area contributed by atoms with Crippen molar-refractivity contribution in [2.24, 2.45) is 11.8 Å². The van der Waals surface area contributed by atoms with Crippen molar-refractivity contribution in [3.05, 3.63) is 0 Å². The maximum Gasteiger partial charge on any atom is 0.306 e. The van der Waals surface area contributed by atoms with Crippen LogP contribution in [0.2, 0.25) is 0 Å². The lowest BCUT2D eigenvalue weighted by atomic mass is 9.80. The molecule has 2 fully saturated rings. The minimum Gasteiger partial charge on any atom is -0.481 e. The van der Waals surface area contributed by atoms with Crippen molar-refractivity contribution in [1.82, 2.24) is 5.32 Å². The van der Waals surface area contributed by atoms with Crippen molar-refractivity contribution in [1.29, 1.82) is 0 Å². The summed E-state index contributed by atoms with van der Waals surface area (Å²) in [6.45, 7) is 2.27. The molecule has 2 rings (SSSR count). The zero-order valence-electron chi connectivity index (χ0n) is 11.4. The SMILES string of the molecule is CC1CCCCC1OCC(=O)NC1CC(C(=O)O)C1. The molecule has 0 heterocycles. The molecule has 0 radical (unpaired) electrons. The van der Waals surface area contributed by atoms with Gasteiger partial charge in [0, 0.05) is 6.04 Å². The third-order valence-electron chi connectivity index (χ3n) is 4.31. The molecule has 0 aromatic carbocycles. The number of nitrogens with one attached hydrogen (secondary N) is 1. The number of carboxylic acid groups (broad SMARTS) is 1. The lowest BCUT2D eigenvalue weighted by Crippen LogP contribution is -2.48. The number of rotatable bonds is 5. The van der Waals surface area contributed by atoms with Gasteiger partial charge in [0.15, 0.2) is 0 Å². The van der Waals surface area contributed by atoms with E-state index in [1.165, 1.54) is 19.3 Å². The van der Waals surface area contributed by atoms with Crippen molar-refractivity contribution in [3.8, 4) is 0 Å². The number of carboxylic acids is 1. The molecule has 108 valence electrons. The fraction of sp³-hybridized carbons (Fsp3) is 0.857. The van der Waals surface area contributed by atoms with Crippen LogP contribution in [0.5, 0.6) is 0 Å². The highest BCUT2D eigenvalue weighted by Crippen LogP contribution is 2.28. The van der Waals surface area contributed by atoms with Gasteiger partial charge in [0.2, 0.25) is 5.91 Å². The van der Waals surface area contributed by atoms with Gasteiger partial charge in [-0.05, 0) is 31.6 Å². The van der Waals surface area contributed by atoms with Gasteiger partial charge in [-0.2, -0.15) is 0 Å². The van der Waals surface area contributed by atoms with Crippen LogP contribution >= 0.6 is 0 Å². The number of hydrogen-bond donors (Lipinski definition) is 2. The average molecular weight is 269 g/mol. The molecule has 19 heavy (non-hydrogen) atoms. The van der Waals surface area contributed by atoms with Crippen LogP contribution in [0.4, 0.5) is 0 Å². The minimum absolute atomic E-state index is 0.0148. The first-order valence-electron chi connectivity index (χ1n) is 7.20. The Hall–Kier alpha value is -1.10. The van der Waals surface area contributed by atoms with Gasteiger partial charge in [0.05, 0.1) is 12.0 Å². The molecule has 0 aromatic heterocycles. The zero-order valence-corrected chi connectivity index (χ0v) is 11.4. The van der Waals surface area contributed by atoms with E-state index < -0.39 is 5.97 Å². The zero-order chi connectivity index (χ0) is 13.8. The lowest BCUT2D eigenvalue weighted by Gasteiger charge is -2.33. The molecule has 0 saturated heterocycles. The number of amides is 1. The highest BCUT2D eigenvalue weighted by Gasteiger charge is 2.35. The van der Waals surface area contributed by atoms with Crippen LogP contribution in [0.25, 0.3) is 0 Å². The molecule has 5 nitrogen and oxygen atoms in total. The van der Waals surface area contributed by atoms with Crippen LogP contribution in [-0.4, -0.2) is 35.7 Å². The van der Waals surface area contributed by atoms with Crippen LogP contribution in [-0.2, 0) is 14.3 Å². The number of hydrogen-bond acceptors (Lipinski definition) is 3. The molecule has 0 aromatic rings. The highest BCUT2D eigenvalue weighted by molar-refractivity contribution is 5.78. The Morgan fingerprint density at radius 3 is 2.58 bits per heavy atom. The van der Waals surface area contributed by atoms with Crippen molar-refractivity contribution in [2.75, 3.05) is 6.61 Å². The van der Waals surface area contributed by atoms with Crippen LogP contribution in [0, 0.1) is 11.8 Å². The topological polar surface area (TPSA) is 75.6 Å². The molecule has 2 N–H and O–H groups in total. The fourth-order valence-electron chi connectivity index (χ4n) is 2.92. The van der Waals surface area contributed by atoms with E-state index in [1.807, 2.05) is 0 Å².